The predicted molar refractivity (Wildman–Crippen MR) is 79.4 cm³/mol. The Balaban J connectivity index is 2.06. The van der Waals surface area contributed by atoms with E-state index in [2.05, 4.69) is 74.3 Å². The molecule has 0 aliphatic carbocycles. The molecule has 100 valence electrons. The fraction of sp³-hybridized carbons (Fsp3) is 0.412. The molecule has 0 N–H and O–H groups in total. The molecule has 1 aromatic heterocycles. The van der Waals surface area contributed by atoms with E-state index in [4.69, 9.17) is 0 Å². The van der Waals surface area contributed by atoms with Gasteiger partial charge in [-0.1, -0.05) is 50.6 Å². The van der Waals surface area contributed by atoms with Crippen LogP contribution < -0.4 is 0 Å². The predicted octanol–water partition coefficient (Wildman–Crippen LogP) is 4.25. The molecular formula is C17H22N2. The van der Waals surface area contributed by atoms with Gasteiger partial charge in [0.05, 0.1) is 11.4 Å². The number of hydrogen-bond donors (Lipinski definition) is 0. The van der Waals surface area contributed by atoms with E-state index in [1.54, 1.807) is 0 Å². The summed E-state index contributed by atoms with van der Waals surface area (Å²) < 4.78 is 0. The average molecular weight is 254 g/mol. The second kappa shape index (κ2) is 5.96. The minimum absolute atomic E-state index is 0.441. The highest BCUT2D eigenvalue weighted by Crippen LogP contribution is 2.20. The second-order valence-electron chi connectivity index (χ2n) is 5.62. The maximum Gasteiger partial charge on any atom is 0.0656 e. The lowest BCUT2D eigenvalue weighted by molar-refractivity contribution is 0.706. The van der Waals surface area contributed by atoms with Crippen LogP contribution in [-0.2, 0) is 6.42 Å². The normalized spacial score (nSPS) is 12.7. The van der Waals surface area contributed by atoms with E-state index in [1.165, 1.54) is 11.1 Å². The van der Waals surface area contributed by atoms with Gasteiger partial charge in [-0.3, -0.25) is 0 Å². The van der Waals surface area contributed by atoms with Crippen LogP contribution in [0.5, 0.6) is 0 Å². The summed E-state index contributed by atoms with van der Waals surface area (Å²) in [4.78, 5) is 0. The Morgan fingerprint density at radius 1 is 0.895 bits per heavy atom. The van der Waals surface area contributed by atoms with Crippen molar-refractivity contribution in [3.05, 3.63) is 58.9 Å². The van der Waals surface area contributed by atoms with Crippen LogP contribution in [0.15, 0.2) is 36.4 Å². The van der Waals surface area contributed by atoms with Gasteiger partial charge in [0.15, 0.2) is 0 Å². The summed E-state index contributed by atoms with van der Waals surface area (Å²) in [6.07, 6.45) is 0.939. The van der Waals surface area contributed by atoms with E-state index in [1.807, 2.05) is 0 Å². The molecule has 1 aromatic carbocycles. The highest BCUT2D eigenvalue weighted by molar-refractivity contribution is 5.25. The van der Waals surface area contributed by atoms with Crippen molar-refractivity contribution in [3.63, 3.8) is 0 Å². The van der Waals surface area contributed by atoms with E-state index < -0.39 is 0 Å². The zero-order valence-corrected chi connectivity index (χ0v) is 12.2. The van der Waals surface area contributed by atoms with Crippen LogP contribution in [0, 0.1) is 6.92 Å². The lowest BCUT2D eigenvalue weighted by Gasteiger charge is -2.12. The standard InChI is InChI=1S/C17H22N2/c1-12(2)17-10-9-16(18-19-17)11-14(4)15-7-5-13(3)6-8-15/h5-10,12,14H,11H2,1-4H3/t14-/m1/s1. The van der Waals surface area contributed by atoms with Gasteiger partial charge < -0.3 is 0 Å². The second-order valence-corrected chi connectivity index (χ2v) is 5.62. The summed E-state index contributed by atoms with van der Waals surface area (Å²) >= 11 is 0. The van der Waals surface area contributed by atoms with Gasteiger partial charge in [0, 0.05) is 0 Å². The number of nitrogens with zero attached hydrogens (tertiary/aromatic N) is 2. The van der Waals surface area contributed by atoms with Crippen molar-refractivity contribution in [2.24, 2.45) is 0 Å². The summed E-state index contributed by atoms with van der Waals surface area (Å²) in [5.41, 5.74) is 4.79. The van der Waals surface area contributed by atoms with E-state index in [0.717, 1.165) is 17.8 Å². The van der Waals surface area contributed by atoms with Crippen molar-refractivity contribution in [1.29, 1.82) is 0 Å². The molecule has 2 heteroatoms. The molecule has 0 bridgehead atoms. The van der Waals surface area contributed by atoms with E-state index in [0.29, 0.717) is 11.8 Å². The van der Waals surface area contributed by atoms with Crippen molar-refractivity contribution >= 4 is 0 Å². The molecule has 0 aliphatic rings. The van der Waals surface area contributed by atoms with E-state index >= 15 is 0 Å². The third kappa shape index (κ3) is 3.63. The van der Waals surface area contributed by atoms with Crippen molar-refractivity contribution in [2.45, 2.75) is 46.0 Å². The summed E-state index contributed by atoms with van der Waals surface area (Å²) in [6.45, 7) is 8.63. The van der Waals surface area contributed by atoms with Gasteiger partial charge in [0.1, 0.15) is 0 Å². The molecule has 0 saturated heterocycles. The Morgan fingerprint density at radius 2 is 1.58 bits per heavy atom. The monoisotopic (exact) mass is 254 g/mol. The Hall–Kier alpha value is -1.70. The maximum absolute atomic E-state index is 4.33. The Morgan fingerprint density at radius 3 is 2.11 bits per heavy atom. The third-order valence-corrected chi connectivity index (χ3v) is 3.49. The third-order valence-electron chi connectivity index (χ3n) is 3.49. The maximum atomic E-state index is 4.33. The van der Waals surface area contributed by atoms with Gasteiger partial charge in [-0.15, -0.1) is 0 Å². The molecule has 0 amide bonds. The molecule has 0 spiro atoms. The van der Waals surface area contributed by atoms with Gasteiger partial charge in [-0.2, -0.15) is 10.2 Å². The van der Waals surface area contributed by atoms with Crippen molar-refractivity contribution in [1.82, 2.24) is 10.2 Å². The molecule has 0 aliphatic heterocycles. The first kappa shape index (κ1) is 13.7. The van der Waals surface area contributed by atoms with Crippen LogP contribution in [0.3, 0.4) is 0 Å². The Bertz CT molecular complexity index is 512. The van der Waals surface area contributed by atoms with Crippen LogP contribution >= 0.6 is 0 Å². The van der Waals surface area contributed by atoms with Crippen LogP contribution in [-0.4, -0.2) is 10.2 Å². The average Bonchev–Trinajstić information content (AvgIpc) is 2.40. The largest absolute Gasteiger partial charge is 0.155 e. The summed E-state index contributed by atoms with van der Waals surface area (Å²) in [5, 5.41) is 8.62. The fourth-order valence-corrected chi connectivity index (χ4v) is 2.11. The summed E-state index contributed by atoms with van der Waals surface area (Å²) in [5.74, 6) is 0.913. The van der Waals surface area contributed by atoms with Crippen LogP contribution in [0.2, 0.25) is 0 Å². The lowest BCUT2D eigenvalue weighted by atomic mass is 9.95. The number of hydrogen-bond acceptors (Lipinski definition) is 2. The van der Waals surface area contributed by atoms with E-state index in [-0.39, 0.29) is 0 Å². The molecule has 1 heterocycles. The van der Waals surface area contributed by atoms with Crippen molar-refractivity contribution < 1.29 is 0 Å². The molecular weight excluding hydrogens is 232 g/mol. The number of benzene rings is 1. The smallest absolute Gasteiger partial charge is 0.0656 e. The van der Waals surface area contributed by atoms with Crippen molar-refractivity contribution in [2.75, 3.05) is 0 Å². The Kier molecular flexibility index (Phi) is 4.31. The summed E-state index contributed by atoms with van der Waals surface area (Å²) in [6, 6.07) is 12.9. The summed E-state index contributed by atoms with van der Waals surface area (Å²) in [7, 11) is 0. The highest BCUT2D eigenvalue weighted by atomic mass is 15.1. The quantitative estimate of drug-likeness (QED) is 0.815. The lowest BCUT2D eigenvalue weighted by Crippen LogP contribution is -2.03. The fourth-order valence-electron chi connectivity index (χ4n) is 2.11. The topological polar surface area (TPSA) is 25.8 Å². The Labute approximate surface area is 115 Å². The molecule has 0 unspecified atom stereocenters. The SMILES string of the molecule is Cc1ccc([C@H](C)Cc2ccc(C(C)C)nn2)cc1. The van der Waals surface area contributed by atoms with Gasteiger partial charge in [-0.25, -0.2) is 0 Å². The van der Waals surface area contributed by atoms with Crippen LogP contribution in [0.25, 0.3) is 0 Å². The van der Waals surface area contributed by atoms with Gasteiger partial charge in [0.2, 0.25) is 0 Å². The van der Waals surface area contributed by atoms with Crippen molar-refractivity contribution in [3.8, 4) is 0 Å². The molecule has 2 nitrogen and oxygen atoms in total. The number of aryl methyl sites for hydroxylation is 1. The molecule has 19 heavy (non-hydrogen) atoms. The number of aromatic nitrogens is 2. The molecule has 0 fully saturated rings. The number of rotatable bonds is 4. The first-order chi connectivity index (χ1) is 9.06. The first-order valence-electron chi connectivity index (χ1n) is 6.95. The zero-order chi connectivity index (χ0) is 13.8. The molecule has 1 atom stereocenters. The first-order valence-corrected chi connectivity index (χ1v) is 6.95. The molecule has 0 radical (unpaired) electrons. The minimum atomic E-state index is 0.441. The van der Waals surface area contributed by atoms with Gasteiger partial charge >= 0.3 is 0 Å². The molecule has 2 rings (SSSR count). The zero-order valence-electron chi connectivity index (χ0n) is 12.2. The minimum Gasteiger partial charge on any atom is -0.155 e. The van der Waals surface area contributed by atoms with Crippen LogP contribution in [0.1, 0.15) is 55.1 Å². The molecule has 2 aromatic rings. The highest BCUT2D eigenvalue weighted by Gasteiger charge is 2.09. The van der Waals surface area contributed by atoms with E-state index in [9.17, 15) is 0 Å². The molecule has 0 saturated carbocycles. The van der Waals surface area contributed by atoms with Gasteiger partial charge in [0.25, 0.3) is 0 Å². The van der Waals surface area contributed by atoms with Gasteiger partial charge in [-0.05, 0) is 42.9 Å². The van der Waals surface area contributed by atoms with Crippen LogP contribution in [0.4, 0.5) is 0 Å².